The monoisotopic (exact) mass is 228 g/mol. The number of carbonyl (C=O) groups is 2. The highest BCUT2D eigenvalue weighted by Gasteiger charge is 2.20. The predicted molar refractivity (Wildman–Crippen MR) is 60.5 cm³/mol. The molecule has 0 saturated carbocycles. The summed E-state index contributed by atoms with van der Waals surface area (Å²) in [6.07, 6.45) is 2.25. The van der Waals surface area contributed by atoms with Gasteiger partial charge in [0.25, 0.3) is 5.91 Å². The fourth-order valence-corrected chi connectivity index (χ4v) is 1.84. The van der Waals surface area contributed by atoms with E-state index in [1.54, 1.807) is 0 Å². The maximum atomic E-state index is 11.4. The number of likely N-dealkylation sites (N-methyl/N-ethyl adjacent to an activating group) is 1. The summed E-state index contributed by atoms with van der Waals surface area (Å²) in [6, 6.07) is 0.460. The molecule has 0 spiro atoms. The number of likely N-dealkylation sites (tertiary alicyclic amines) is 1. The van der Waals surface area contributed by atoms with Crippen molar-refractivity contribution >= 4 is 11.8 Å². The van der Waals surface area contributed by atoms with Crippen LogP contribution in [0.2, 0.25) is 0 Å². The molecule has 1 aliphatic rings. The van der Waals surface area contributed by atoms with Gasteiger partial charge in [-0.3, -0.25) is 25.3 Å². The fraction of sp³-hybridized carbons (Fsp3) is 0.800. The van der Waals surface area contributed by atoms with Crippen LogP contribution in [0.15, 0.2) is 0 Å². The van der Waals surface area contributed by atoms with Crippen molar-refractivity contribution in [2.45, 2.75) is 25.8 Å². The van der Waals surface area contributed by atoms with Crippen LogP contribution in [-0.2, 0) is 9.59 Å². The van der Waals surface area contributed by atoms with E-state index in [2.05, 4.69) is 21.1 Å². The van der Waals surface area contributed by atoms with E-state index in [0.29, 0.717) is 12.6 Å². The molecule has 1 aliphatic heterocycles. The van der Waals surface area contributed by atoms with Gasteiger partial charge in [-0.05, 0) is 26.4 Å². The molecule has 3 N–H and O–H groups in total. The van der Waals surface area contributed by atoms with E-state index in [1.165, 1.54) is 6.92 Å². The van der Waals surface area contributed by atoms with Crippen molar-refractivity contribution in [1.29, 1.82) is 0 Å². The number of nitrogens with zero attached hydrogens (tertiary/aromatic N) is 1. The molecular formula is C10H20N4O2. The molecule has 0 aromatic rings. The van der Waals surface area contributed by atoms with Gasteiger partial charge in [-0.2, -0.15) is 0 Å². The third-order valence-corrected chi connectivity index (χ3v) is 2.66. The molecule has 16 heavy (non-hydrogen) atoms. The van der Waals surface area contributed by atoms with Crippen LogP contribution in [0.5, 0.6) is 0 Å². The number of piperidine rings is 1. The van der Waals surface area contributed by atoms with Crippen molar-refractivity contribution in [3.8, 4) is 0 Å². The summed E-state index contributed by atoms with van der Waals surface area (Å²) in [6.45, 7) is 3.51. The molecule has 2 amide bonds. The Morgan fingerprint density at radius 1 is 1.38 bits per heavy atom. The van der Waals surface area contributed by atoms with Gasteiger partial charge >= 0.3 is 0 Å². The maximum absolute atomic E-state index is 11.4. The molecule has 1 saturated heterocycles. The van der Waals surface area contributed by atoms with Crippen LogP contribution >= 0.6 is 0 Å². The number of nitrogens with one attached hydrogen (secondary N) is 3. The van der Waals surface area contributed by atoms with Crippen LogP contribution in [-0.4, -0.2) is 49.4 Å². The minimum absolute atomic E-state index is 0.174. The average molecular weight is 228 g/mol. The maximum Gasteiger partial charge on any atom is 0.252 e. The van der Waals surface area contributed by atoms with E-state index in [1.807, 2.05) is 7.05 Å². The van der Waals surface area contributed by atoms with Gasteiger partial charge in [-0.15, -0.1) is 0 Å². The molecule has 92 valence electrons. The molecule has 0 aliphatic carbocycles. The third kappa shape index (κ3) is 4.59. The second kappa shape index (κ2) is 6.44. The number of rotatable bonds is 3. The Kier molecular flexibility index (Phi) is 5.21. The standard InChI is InChI=1S/C10H20N4O2/c1-8(15)12-13-10(16)7-14-5-3-4-9(6-14)11-2/h9,11H,3-7H2,1-2H3,(H,12,15)(H,13,16). The lowest BCUT2D eigenvalue weighted by atomic mass is 10.1. The first-order valence-corrected chi connectivity index (χ1v) is 5.57. The number of hydrazine groups is 1. The van der Waals surface area contributed by atoms with Gasteiger partial charge in [0.15, 0.2) is 0 Å². The van der Waals surface area contributed by atoms with E-state index in [0.717, 1.165) is 25.9 Å². The minimum atomic E-state index is -0.264. The summed E-state index contributed by atoms with van der Waals surface area (Å²) >= 11 is 0. The first-order valence-electron chi connectivity index (χ1n) is 5.57. The molecule has 1 rings (SSSR count). The topological polar surface area (TPSA) is 73.5 Å². The molecule has 6 nitrogen and oxygen atoms in total. The number of hydrogen-bond acceptors (Lipinski definition) is 4. The minimum Gasteiger partial charge on any atom is -0.316 e. The summed E-state index contributed by atoms with van der Waals surface area (Å²) in [5.74, 6) is -0.438. The Morgan fingerprint density at radius 2 is 2.12 bits per heavy atom. The molecular weight excluding hydrogens is 208 g/mol. The highest BCUT2D eigenvalue weighted by Crippen LogP contribution is 2.08. The largest absolute Gasteiger partial charge is 0.316 e. The Morgan fingerprint density at radius 3 is 2.75 bits per heavy atom. The lowest BCUT2D eigenvalue weighted by Crippen LogP contribution is -2.50. The van der Waals surface area contributed by atoms with Crippen molar-refractivity contribution in [3.63, 3.8) is 0 Å². The zero-order chi connectivity index (χ0) is 12.0. The van der Waals surface area contributed by atoms with Gasteiger partial charge in [-0.1, -0.05) is 0 Å². The van der Waals surface area contributed by atoms with Crippen molar-refractivity contribution < 1.29 is 9.59 Å². The molecule has 0 aromatic carbocycles. The summed E-state index contributed by atoms with van der Waals surface area (Å²) in [7, 11) is 1.94. The number of carbonyl (C=O) groups excluding carboxylic acids is 2. The van der Waals surface area contributed by atoms with Crippen LogP contribution in [0.1, 0.15) is 19.8 Å². The quantitative estimate of drug-likeness (QED) is 0.533. The van der Waals surface area contributed by atoms with Crippen LogP contribution in [0.3, 0.4) is 0 Å². The first kappa shape index (κ1) is 12.9. The third-order valence-electron chi connectivity index (χ3n) is 2.66. The molecule has 6 heteroatoms. The van der Waals surface area contributed by atoms with Crippen LogP contribution in [0, 0.1) is 0 Å². The summed E-state index contributed by atoms with van der Waals surface area (Å²) < 4.78 is 0. The van der Waals surface area contributed by atoms with Gasteiger partial charge in [0.1, 0.15) is 0 Å². The summed E-state index contributed by atoms with van der Waals surface area (Å²) in [5.41, 5.74) is 4.64. The number of amides is 2. The molecule has 1 heterocycles. The predicted octanol–water partition coefficient (Wildman–Crippen LogP) is -1.16. The van der Waals surface area contributed by atoms with Crippen molar-refractivity contribution in [1.82, 2.24) is 21.1 Å². The normalized spacial score (nSPS) is 21.5. The Hall–Kier alpha value is -1.14. The highest BCUT2D eigenvalue weighted by molar-refractivity contribution is 5.81. The van der Waals surface area contributed by atoms with E-state index in [9.17, 15) is 9.59 Å². The second-order valence-electron chi connectivity index (χ2n) is 4.09. The summed E-state index contributed by atoms with van der Waals surface area (Å²) in [5, 5.41) is 3.21. The van der Waals surface area contributed by atoms with Crippen molar-refractivity contribution in [2.75, 3.05) is 26.7 Å². The van der Waals surface area contributed by atoms with Crippen LogP contribution < -0.4 is 16.2 Å². The Bertz CT molecular complexity index is 257. The van der Waals surface area contributed by atoms with Crippen molar-refractivity contribution in [3.05, 3.63) is 0 Å². The lowest BCUT2D eigenvalue weighted by Gasteiger charge is -2.31. The molecule has 1 atom stereocenters. The van der Waals surface area contributed by atoms with Gasteiger partial charge in [-0.25, -0.2) is 0 Å². The van der Waals surface area contributed by atoms with E-state index in [-0.39, 0.29) is 11.8 Å². The summed E-state index contributed by atoms with van der Waals surface area (Å²) in [4.78, 5) is 24.1. The first-order chi connectivity index (χ1) is 7.61. The van der Waals surface area contributed by atoms with Crippen LogP contribution in [0.25, 0.3) is 0 Å². The zero-order valence-corrected chi connectivity index (χ0v) is 9.88. The fourth-order valence-electron chi connectivity index (χ4n) is 1.84. The SMILES string of the molecule is CNC1CCCN(CC(=O)NNC(C)=O)C1. The smallest absolute Gasteiger partial charge is 0.252 e. The Labute approximate surface area is 95.7 Å². The van der Waals surface area contributed by atoms with E-state index < -0.39 is 0 Å². The molecule has 0 bridgehead atoms. The van der Waals surface area contributed by atoms with Crippen LogP contribution in [0.4, 0.5) is 0 Å². The lowest BCUT2D eigenvalue weighted by molar-refractivity contribution is -0.128. The van der Waals surface area contributed by atoms with Gasteiger partial charge in [0.2, 0.25) is 5.91 Å². The average Bonchev–Trinajstić information content (AvgIpc) is 2.26. The highest BCUT2D eigenvalue weighted by atomic mass is 16.2. The van der Waals surface area contributed by atoms with Gasteiger partial charge in [0.05, 0.1) is 6.54 Å². The molecule has 1 unspecified atom stereocenters. The zero-order valence-electron chi connectivity index (χ0n) is 9.88. The number of hydrogen-bond donors (Lipinski definition) is 3. The van der Waals surface area contributed by atoms with Gasteiger partial charge in [0, 0.05) is 19.5 Å². The molecule has 1 fully saturated rings. The Balaban J connectivity index is 2.25. The van der Waals surface area contributed by atoms with Crippen molar-refractivity contribution in [2.24, 2.45) is 0 Å². The van der Waals surface area contributed by atoms with Gasteiger partial charge < -0.3 is 5.32 Å². The molecule has 0 radical (unpaired) electrons. The van der Waals surface area contributed by atoms with E-state index >= 15 is 0 Å². The second-order valence-corrected chi connectivity index (χ2v) is 4.09. The molecule has 0 aromatic heterocycles. The van der Waals surface area contributed by atoms with E-state index in [4.69, 9.17) is 0 Å².